The largest absolute Gasteiger partial charge is 0.377 e. The van der Waals surface area contributed by atoms with Crippen molar-refractivity contribution in [2.24, 2.45) is 0 Å². The van der Waals surface area contributed by atoms with Gasteiger partial charge in [0.25, 0.3) is 0 Å². The van der Waals surface area contributed by atoms with Crippen LogP contribution in [0.1, 0.15) is 6.92 Å². The maximum atomic E-state index is 11.9. The highest BCUT2D eigenvalue weighted by atomic mass is 16.5. The van der Waals surface area contributed by atoms with Crippen LogP contribution in [0.4, 0.5) is 4.79 Å². The molecule has 2 rings (SSSR count). The predicted octanol–water partition coefficient (Wildman–Crippen LogP) is 0.572. The fraction of sp³-hybridized carbons (Fsp3) is 0.556. The number of nitrogens with zero attached hydrogens (tertiary/aromatic N) is 3. The minimum absolute atomic E-state index is 0.0294. The van der Waals surface area contributed by atoms with Crippen molar-refractivity contribution in [1.82, 2.24) is 14.5 Å². The minimum atomic E-state index is -0.0294. The van der Waals surface area contributed by atoms with Crippen molar-refractivity contribution < 1.29 is 9.53 Å². The van der Waals surface area contributed by atoms with Crippen LogP contribution in [0.5, 0.6) is 0 Å². The van der Waals surface area contributed by atoms with Gasteiger partial charge in [-0.1, -0.05) is 0 Å². The molecule has 0 unspecified atom stereocenters. The zero-order chi connectivity index (χ0) is 9.97. The summed E-state index contributed by atoms with van der Waals surface area (Å²) in [7, 11) is 0. The van der Waals surface area contributed by atoms with E-state index in [2.05, 4.69) is 4.98 Å². The highest BCUT2D eigenvalue weighted by molar-refractivity contribution is 5.77. The second-order valence-corrected chi connectivity index (χ2v) is 3.37. The standard InChI is InChI=1S/C9H13N3O2/c1-8-6-14-5-4-12(8)9(13)11-3-2-10-7-11/h2-3,7-8H,4-6H2,1H3/t8-/m1/s1. The molecule has 1 aliphatic heterocycles. The summed E-state index contributed by atoms with van der Waals surface area (Å²) in [6.07, 6.45) is 4.78. The van der Waals surface area contributed by atoms with Gasteiger partial charge in [0.1, 0.15) is 6.33 Å². The minimum Gasteiger partial charge on any atom is -0.377 e. The maximum absolute atomic E-state index is 11.9. The summed E-state index contributed by atoms with van der Waals surface area (Å²) in [5.41, 5.74) is 0. The first kappa shape index (κ1) is 9.21. The van der Waals surface area contributed by atoms with Crippen molar-refractivity contribution >= 4 is 6.03 Å². The molecular weight excluding hydrogens is 182 g/mol. The van der Waals surface area contributed by atoms with E-state index in [0.717, 1.165) is 0 Å². The first-order valence-electron chi connectivity index (χ1n) is 4.65. The molecule has 0 spiro atoms. The van der Waals surface area contributed by atoms with E-state index < -0.39 is 0 Å². The summed E-state index contributed by atoms with van der Waals surface area (Å²) in [4.78, 5) is 17.5. The van der Waals surface area contributed by atoms with Gasteiger partial charge >= 0.3 is 6.03 Å². The lowest BCUT2D eigenvalue weighted by molar-refractivity contribution is 0.0193. The van der Waals surface area contributed by atoms with Crippen LogP contribution in [0.15, 0.2) is 18.7 Å². The molecule has 0 N–H and O–H groups in total. The van der Waals surface area contributed by atoms with E-state index in [9.17, 15) is 4.79 Å². The monoisotopic (exact) mass is 195 g/mol. The summed E-state index contributed by atoms with van der Waals surface area (Å²) in [5, 5.41) is 0. The van der Waals surface area contributed by atoms with Gasteiger partial charge in [-0.3, -0.25) is 4.57 Å². The average Bonchev–Trinajstić information content (AvgIpc) is 2.70. The van der Waals surface area contributed by atoms with Gasteiger partial charge in [-0.05, 0) is 6.92 Å². The molecule has 1 aromatic rings. The molecule has 1 fully saturated rings. The second-order valence-electron chi connectivity index (χ2n) is 3.37. The molecule has 0 aliphatic carbocycles. The topological polar surface area (TPSA) is 47.4 Å². The van der Waals surface area contributed by atoms with Crippen molar-refractivity contribution in [3.8, 4) is 0 Å². The van der Waals surface area contributed by atoms with Crippen molar-refractivity contribution in [1.29, 1.82) is 0 Å². The zero-order valence-corrected chi connectivity index (χ0v) is 8.09. The van der Waals surface area contributed by atoms with Gasteiger partial charge in [0.15, 0.2) is 0 Å². The Kier molecular flexibility index (Phi) is 2.49. The number of amides is 1. The number of rotatable bonds is 0. The van der Waals surface area contributed by atoms with Gasteiger partial charge in [-0.15, -0.1) is 0 Å². The third-order valence-corrected chi connectivity index (χ3v) is 2.34. The van der Waals surface area contributed by atoms with E-state index in [1.54, 1.807) is 17.3 Å². The Hall–Kier alpha value is -1.36. The van der Waals surface area contributed by atoms with Crippen LogP contribution in [0.3, 0.4) is 0 Å². The number of ether oxygens (including phenoxy) is 1. The van der Waals surface area contributed by atoms with Gasteiger partial charge in [-0.2, -0.15) is 0 Å². The molecule has 0 aromatic carbocycles. The van der Waals surface area contributed by atoms with Crippen molar-refractivity contribution in [3.05, 3.63) is 18.7 Å². The Morgan fingerprint density at radius 2 is 2.50 bits per heavy atom. The number of hydrogen-bond acceptors (Lipinski definition) is 3. The highest BCUT2D eigenvalue weighted by Gasteiger charge is 2.24. The molecule has 1 atom stereocenters. The molecule has 2 heterocycles. The fourth-order valence-corrected chi connectivity index (χ4v) is 1.53. The molecule has 14 heavy (non-hydrogen) atoms. The normalized spacial score (nSPS) is 22.4. The summed E-state index contributed by atoms with van der Waals surface area (Å²) in [6, 6.07) is 0.108. The third kappa shape index (κ3) is 1.63. The van der Waals surface area contributed by atoms with Crippen molar-refractivity contribution in [3.63, 3.8) is 0 Å². The molecule has 1 amide bonds. The number of hydrogen-bond donors (Lipinski definition) is 0. The third-order valence-electron chi connectivity index (χ3n) is 2.34. The smallest absolute Gasteiger partial charge is 0.329 e. The molecule has 0 saturated carbocycles. The number of imidazole rings is 1. The van der Waals surface area contributed by atoms with Crippen LogP contribution in [-0.2, 0) is 4.74 Å². The molecule has 0 bridgehead atoms. The van der Waals surface area contributed by atoms with Crippen LogP contribution < -0.4 is 0 Å². The molecule has 1 aliphatic rings. The summed E-state index contributed by atoms with van der Waals surface area (Å²) in [5.74, 6) is 0. The maximum Gasteiger partial charge on any atom is 0.329 e. The first-order valence-corrected chi connectivity index (χ1v) is 4.65. The predicted molar refractivity (Wildman–Crippen MR) is 50.0 cm³/mol. The zero-order valence-electron chi connectivity index (χ0n) is 8.09. The summed E-state index contributed by atoms with van der Waals surface area (Å²) in [6.45, 7) is 3.86. The molecule has 1 saturated heterocycles. The Morgan fingerprint density at radius 3 is 3.14 bits per heavy atom. The van der Waals surface area contributed by atoms with Gasteiger partial charge in [0.2, 0.25) is 0 Å². The van der Waals surface area contributed by atoms with Crippen LogP contribution in [0, 0.1) is 0 Å². The van der Waals surface area contributed by atoms with E-state index >= 15 is 0 Å². The Bertz CT molecular complexity index is 310. The Labute approximate surface area is 82.3 Å². The second kappa shape index (κ2) is 3.79. The first-order chi connectivity index (χ1) is 6.79. The van der Waals surface area contributed by atoms with Gasteiger partial charge in [-0.25, -0.2) is 9.78 Å². The molecule has 5 nitrogen and oxygen atoms in total. The van der Waals surface area contributed by atoms with Gasteiger partial charge in [0, 0.05) is 18.9 Å². The van der Waals surface area contributed by atoms with E-state index in [1.165, 1.54) is 10.9 Å². The number of carbonyl (C=O) groups is 1. The van der Waals surface area contributed by atoms with Crippen LogP contribution in [0.25, 0.3) is 0 Å². The summed E-state index contributed by atoms with van der Waals surface area (Å²) < 4.78 is 6.75. The van der Waals surface area contributed by atoms with Gasteiger partial charge in [0.05, 0.1) is 19.3 Å². The van der Waals surface area contributed by atoms with Crippen LogP contribution >= 0.6 is 0 Å². The quantitative estimate of drug-likeness (QED) is 0.608. The van der Waals surface area contributed by atoms with Crippen molar-refractivity contribution in [2.75, 3.05) is 19.8 Å². The Morgan fingerprint density at radius 1 is 1.64 bits per heavy atom. The summed E-state index contributed by atoms with van der Waals surface area (Å²) >= 11 is 0. The number of carbonyl (C=O) groups excluding carboxylic acids is 1. The lowest BCUT2D eigenvalue weighted by Gasteiger charge is -2.32. The van der Waals surface area contributed by atoms with E-state index in [-0.39, 0.29) is 12.1 Å². The lowest BCUT2D eigenvalue weighted by Crippen LogP contribution is -2.48. The SMILES string of the molecule is C[C@@H]1COCCN1C(=O)n1ccnc1. The van der Waals surface area contributed by atoms with Crippen molar-refractivity contribution in [2.45, 2.75) is 13.0 Å². The number of aromatic nitrogens is 2. The van der Waals surface area contributed by atoms with E-state index in [4.69, 9.17) is 4.74 Å². The number of morpholine rings is 1. The van der Waals surface area contributed by atoms with Gasteiger partial charge < -0.3 is 9.64 Å². The molecule has 76 valence electrons. The average molecular weight is 195 g/mol. The Balaban J connectivity index is 2.10. The van der Waals surface area contributed by atoms with Crippen LogP contribution in [-0.4, -0.2) is 46.3 Å². The molecule has 0 radical (unpaired) electrons. The fourth-order valence-electron chi connectivity index (χ4n) is 1.53. The van der Waals surface area contributed by atoms with E-state index in [0.29, 0.717) is 19.8 Å². The van der Waals surface area contributed by atoms with Crippen LogP contribution in [0.2, 0.25) is 0 Å². The lowest BCUT2D eigenvalue weighted by atomic mass is 10.3. The molecular formula is C9H13N3O2. The molecule has 1 aromatic heterocycles. The highest BCUT2D eigenvalue weighted by Crippen LogP contribution is 2.08. The molecule has 5 heteroatoms. The van der Waals surface area contributed by atoms with E-state index in [1.807, 2.05) is 6.92 Å².